The number of hydrogen-bond donors (Lipinski definition) is 0. The molecule has 0 bridgehead atoms. The van der Waals surface area contributed by atoms with Gasteiger partial charge in [-0.25, -0.2) is 0 Å². The maximum atomic E-state index is 5.59. The Morgan fingerprint density at radius 2 is 1.90 bits per heavy atom. The van der Waals surface area contributed by atoms with Crippen LogP contribution in [-0.4, -0.2) is 5.62 Å². The molecule has 0 heterocycles. The van der Waals surface area contributed by atoms with Crippen LogP contribution in [0, 0.1) is 6.92 Å². The fourth-order valence-corrected chi connectivity index (χ4v) is 1.77. The smallest absolute Gasteiger partial charge is 0.0437 e. The van der Waals surface area contributed by atoms with E-state index in [1.54, 1.807) is 0 Å². The molecule has 1 rings (SSSR count). The average molecular weight is 173 g/mol. The van der Waals surface area contributed by atoms with Crippen LogP contribution in [0.1, 0.15) is 5.56 Å². The van der Waals surface area contributed by atoms with E-state index in [2.05, 4.69) is 31.2 Å². The summed E-state index contributed by atoms with van der Waals surface area (Å²) in [6, 6.07) is 8.51. The van der Waals surface area contributed by atoms with Crippen LogP contribution >= 0.6 is 20.2 Å². The topological polar surface area (TPSA) is 0 Å². The number of rotatable bonds is 2. The van der Waals surface area contributed by atoms with Crippen molar-refractivity contribution in [2.75, 3.05) is 5.62 Å². The molecule has 0 N–H and O–H groups in total. The standard InChI is InChI=1S/C8H10ClP/c1-7-2-4-8(5-3-7)10-6-9/h2-5,10H,6H2,1H3. The molecule has 0 spiro atoms. The molecule has 0 aliphatic heterocycles. The van der Waals surface area contributed by atoms with Gasteiger partial charge in [0.25, 0.3) is 0 Å². The molecule has 0 saturated carbocycles. The molecule has 54 valence electrons. The first kappa shape index (κ1) is 8.04. The minimum absolute atomic E-state index is 0.739. The summed E-state index contributed by atoms with van der Waals surface area (Å²) >= 11 is 5.59. The van der Waals surface area contributed by atoms with Crippen molar-refractivity contribution < 1.29 is 0 Å². The number of aryl methyl sites for hydroxylation is 1. The lowest BCUT2D eigenvalue weighted by Gasteiger charge is -1.96. The summed E-state index contributed by atoms with van der Waals surface area (Å²) in [7, 11) is 0.749. The Bertz CT molecular complexity index is 193. The average Bonchev–Trinajstić information content (AvgIpc) is 1.95. The SMILES string of the molecule is Cc1ccc(PCCl)cc1. The molecule has 1 aromatic carbocycles. The second kappa shape index (κ2) is 3.95. The second-order valence-electron chi connectivity index (χ2n) is 2.18. The molecular weight excluding hydrogens is 163 g/mol. The summed E-state index contributed by atoms with van der Waals surface area (Å²) < 4.78 is 0. The maximum absolute atomic E-state index is 5.59. The molecule has 1 atom stereocenters. The normalized spacial score (nSPS) is 11.0. The first-order chi connectivity index (χ1) is 4.83. The predicted octanol–water partition coefficient (Wildman–Crippen LogP) is 2.50. The summed E-state index contributed by atoms with van der Waals surface area (Å²) in [6.07, 6.45) is 0. The van der Waals surface area contributed by atoms with Gasteiger partial charge in [-0.15, -0.1) is 11.6 Å². The van der Waals surface area contributed by atoms with Crippen LogP contribution in [0.5, 0.6) is 0 Å². The van der Waals surface area contributed by atoms with Crippen molar-refractivity contribution in [3.8, 4) is 0 Å². The monoisotopic (exact) mass is 172 g/mol. The Balaban J connectivity index is 2.69. The van der Waals surface area contributed by atoms with E-state index in [1.807, 2.05) is 0 Å². The lowest BCUT2D eigenvalue weighted by atomic mass is 10.2. The van der Waals surface area contributed by atoms with Gasteiger partial charge in [0, 0.05) is 5.62 Å². The highest BCUT2D eigenvalue weighted by Gasteiger charge is 1.88. The van der Waals surface area contributed by atoms with Crippen molar-refractivity contribution in [2.24, 2.45) is 0 Å². The Kier molecular flexibility index (Phi) is 3.18. The highest BCUT2D eigenvalue weighted by molar-refractivity contribution is 7.49. The van der Waals surface area contributed by atoms with Crippen LogP contribution in [0.3, 0.4) is 0 Å². The summed E-state index contributed by atoms with van der Waals surface area (Å²) in [5.74, 6) is 0. The lowest BCUT2D eigenvalue weighted by Crippen LogP contribution is -1.91. The molecule has 1 aromatic rings. The molecule has 10 heavy (non-hydrogen) atoms. The Hall–Kier alpha value is -0.0600. The first-order valence-corrected chi connectivity index (χ1v) is 4.93. The third-order valence-corrected chi connectivity index (χ3v) is 2.60. The number of halogens is 1. The third kappa shape index (κ3) is 2.28. The highest BCUT2D eigenvalue weighted by atomic mass is 35.5. The van der Waals surface area contributed by atoms with Gasteiger partial charge >= 0.3 is 0 Å². The molecule has 0 aromatic heterocycles. The molecular formula is C8H10ClP. The fourth-order valence-electron chi connectivity index (χ4n) is 0.749. The molecule has 0 radical (unpaired) electrons. The zero-order valence-corrected chi connectivity index (χ0v) is 7.65. The maximum Gasteiger partial charge on any atom is 0.0437 e. The van der Waals surface area contributed by atoms with Crippen molar-refractivity contribution in [1.29, 1.82) is 0 Å². The van der Waals surface area contributed by atoms with E-state index in [4.69, 9.17) is 11.6 Å². The van der Waals surface area contributed by atoms with E-state index >= 15 is 0 Å². The summed E-state index contributed by atoms with van der Waals surface area (Å²) in [6.45, 7) is 2.09. The van der Waals surface area contributed by atoms with Gasteiger partial charge in [-0.1, -0.05) is 38.4 Å². The molecule has 0 aliphatic carbocycles. The molecule has 1 unspecified atom stereocenters. The van der Waals surface area contributed by atoms with Crippen molar-refractivity contribution in [3.63, 3.8) is 0 Å². The van der Waals surface area contributed by atoms with Crippen LogP contribution in [0.4, 0.5) is 0 Å². The number of alkyl halides is 1. The van der Waals surface area contributed by atoms with Crippen LogP contribution in [0.2, 0.25) is 0 Å². The van der Waals surface area contributed by atoms with Crippen LogP contribution < -0.4 is 5.30 Å². The van der Waals surface area contributed by atoms with Crippen molar-refractivity contribution >= 4 is 25.5 Å². The van der Waals surface area contributed by atoms with Gasteiger partial charge in [0.1, 0.15) is 0 Å². The third-order valence-electron chi connectivity index (χ3n) is 1.32. The van der Waals surface area contributed by atoms with Gasteiger partial charge in [-0.05, 0) is 12.2 Å². The first-order valence-electron chi connectivity index (χ1n) is 3.19. The zero-order valence-electron chi connectivity index (χ0n) is 5.89. The summed E-state index contributed by atoms with van der Waals surface area (Å²) in [4.78, 5) is 0. The van der Waals surface area contributed by atoms with E-state index in [0.29, 0.717) is 0 Å². The Morgan fingerprint density at radius 1 is 1.30 bits per heavy atom. The minimum Gasteiger partial charge on any atom is -0.122 e. The van der Waals surface area contributed by atoms with E-state index in [9.17, 15) is 0 Å². The van der Waals surface area contributed by atoms with E-state index in [0.717, 1.165) is 14.2 Å². The highest BCUT2D eigenvalue weighted by Crippen LogP contribution is 2.11. The second-order valence-corrected chi connectivity index (χ2v) is 4.18. The largest absolute Gasteiger partial charge is 0.122 e. The van der Waals surface area contributed by atoms with E-state index in [-0.39, 0.29) is 0 Å². The van der Waals surface area contributed by atoms with Gasteiger partial charge in [-0.2, -0.15) is 0 Å². The van der Waals surface area contributed by atoms with Gasteiger partial charge < -0.3 is 0 Å². The predicted molar refractivity (Wildman–Crippen MR) is 49.8 cm³/mol. The fraction of sp³-hybridized carbons (Fsp3) is 0.250. The molecule has 0 aliphatic rings. The van der Waals surface area contributed by atoms with Crippen LogP contribution in [-0.2, 0) is 0 Å². The summed E-state index contributed by atoms with van der Waals surface area (Å²) in [5, 5.41) is 1.35. The van der Waals surface area contributed by atoms with Gasteiger partial charge in [0.2, 0.25) is 0 Å². The minimum atomic E-state index is 0.739. The van der Waals surface area contributed by atoms with Gasteiger partial charge in [0.15, 0.2) is 0 Å². The van der Waals surface area contributed by atoms with Gasteiger partial charge in [0.05, 0.1) is 0 Å². The molecule has 2 heteroatoms. The van der Waals surface area contributed by atoms with E-state index < -0.39 is 0 Å². The molecule has 0 nitrogen and oxygen atoms in total. The van der Waals surface area contributed by atoms with Crippen LogP contribution in [0.25, 0.3) is 0 Å². The molecule has 0 saturated heterocycles. The summed E-state index contributed by atoms with van der Waals surface area (Å²) in [5.41, 5.74) is 2.05. The quantitative estimate of drug-likeness (QED) is 0.475. The van der Waals surface area contributed by atoms with Crippen molar-refractivity contribution in [2.45, 2.75) is 6.92 Å². The zero-order chi connectivity index (χ0) is 7.40. The molecule has 0 amide bonds. The van der Waals surface area contributed by atoms with Crippen LogP contribution in [0.15, 0.2) is 24.3 Å². The van der Waals surface area contributed by atoms with Crippen molar-refractivity contribution in [1.82, 2.24) is 0 Å². The number of benzene rings is 1. The van der Waals surface area contributed by atoms with E-state index in [1.165, 1.54) is 10.9 Å². The Labute approximate surface area is 68.4 Å². The lowest BCUT2D eigenvalue weighted by molar-refractivity contribution is 1.49. The number of hydrogen-bond acceptors (Lipinski definition) is 0. The van der Waals surface area contributed by atoms with Crippen molar-refractivity contribution in [3.05, 3.63) is 29.8 Å². The molecule has 0 fully saturated rings. The Morgan fingerprint density at radius 3 is 2.40 bits per heavy atom. The van der Waals surface area contributed by atoms with Gasteiger partial charge in [-0.3, -0.25) is 0 Å².